The lowest BCUT2D eigenvalue weighted by molar-refractivity contribution is 0.0609. The summed E-state index contributed by atoms with van der Waals surface area (Å²) in [5.41, 5.74) is 2.18. The van der Waals surface area contributed by atoms with Crippen molar-refractivity contribution >= 4 is 0 Å². The summed E-state index contributed by atoms with van der Waals surface area (Å²) in [6.45, 7) is 8.31. The molecule has 6 atom stereocenters. The van der Waals surface area contributed by atoms with Crippen LogP contribution in [0.15, 0.2) is 23.3 Å². The van der Waals surface area contributed by atoms with Crippen molar-refractivity contribution in [3.8, 4) is 11.8 Å². The summed E-state index contributed by atoms with van der Waals surface area (Å²) in [5.74, 6) is 8.07. The van der Waals surface area contributed by atoms with Crippen molar-refractivity contribution in [2.24, 2.45) is 23.2 Å². The monoisotopic (exact) mass is 400 g/mol. The first-order valence-electron chi connectivity index (χ1n) is 11.6. The van der Waals surface area contributed by atoms with Gasteiger partial charge in [-0.25, -0.2) is 0 Å². The molecule has 3 aliphatic carbocycles. The van der Waals surface area contributed by atoms with E-state index in [9.17, 15) is 15.3 Å². The molecule has 0 aromatic heterocycles. The van der Waals surface area contributed by atoms with Crippen LogP contribution in [0.5, 0.6) is 0 Å². The Kier molecular flexibility index (Phi) is 6.99. The Morgan fingerprint density at radius 1 is 1.17 bits per heavy atom. The van der Waals surface area contributed by atoms with Crippen LogP contribution in [0.4, 0.5) is 0 Å². The molecule has 3 nitrogen and oxygen atoms in total. The van der Waals surface area contributed by atoms with E-state index in [4.69, 9.17) is 0 Å². The van der Waals surface area contributed by atoms with E-state index in [-0.39, 0.29) is 0 Å². The number of hydrogen-bond acceptors (Lipinski definition) is 3. The smallest absolute Gasteiger partial charge is 0.119 e. The third kappa shape index (κ3) is 5.54. The fourth-order valence-corrected chi connectivity index (χ4v) is 6.32. The van der Waals surface area contributed by atoms with Crippen molar-refractivity contribution in [3.05, 3.63) is 23.3 Å². The molecular formula is C26H40O3. The summed E-state index contributed by atoms with van der Waals surface area (Å²) >= 11 is 0. The Balaban J connectivity index is 1.71. The van der Waals surface area contributed by atoms with Gasteiger partial charge in [-0.1, -0.05) is 43.1 Å². The van der Waals surface area contributed by atoms with Crippen LogP contribution in [-0.4, -0.2) is 33.1 Å². The largest absolute Gasteiger partial charge is 0.393 e. The summed E-state index contributed by atoms with van der Waals surface area (Å²) < 4.78 is 0. The van der Waals surface area contributed by atoms with Gasteiger partial charge in [-0.15, -0.1) is 5.92 Å². The molecule has 3 heteroatoms. The molecule has 0 aromatic carbocycles. The number of allylic oxidation sites excluding steroid dienone is 3. The molecule has 3 fully saturated rings. The zero-order valence-electron chi connectivity index (χ0n) is 18.7. The molecule has 0 heterocycles. The predicted octanol–water partition coefficient (Wildman–Crippen LogP) is 4.76. The summed E-state index contributed by atoms with van der Waals surface area (Å²) in [7, 11) is 0. The number of aliphatic hydroxyl groups excluding tert-OH is 2. The van der Waals surface area contributed by atoms with Gasteiger partial charge >= 0.3 is 0 Å². The van der Waals surface area contributed by atoms with Crippen LogP contribution in [0.1, 0.15) is 85.5 Å². The molecule has 1 unspecified atom stereocenters. The molecule has 3 rings (SSSR count). The maximum Gasteiger partial charge on any atom is 0.119 e. The highest BCUT2D eigenvalue weighted by Crippen LogP contribution is 2.59. The van der Waals surface area contributed by atoms with Crippen LogP contribution >= 0.6 is 0 Å². The first-order chi connectivity index (χ1) is 13.6. The highest BCUT2D eigenvalue weighted by molar-refractivity contribution is 5.26. The Morgan fingerprint density at radius 3 is 2.52 bits per heavy atom. The third-order valence-corrected chi connectivity index (χ3v) is 7.62. The lowest BCUT2D eigenvalue weighted by atomic mass is 9.61. The molecule has 0 bridgehead atoms. The average molecular weight is 401 g/mol. The van der Waals surface area contributed by atoms with Crippen LogP contribution < -0.4 is 0 Å². The van der Waals surface area contributed by atoms with E-state index in [0.717, 1.165) is 6.42 Å². The van der Waals surface area contributed by atoms with E-state index < -0.39 is 17.8 Å². The second-order valence-electron chi connectivity index (χ2n) is 10.7. The van der Waals surface area contributed by atoms with Crippen LogP contribution in [0.25, 0.3) is 0 Å². The molecule has 29 heavy (non-hydrogen) atoms. The number of fused-ring (bicyclic) bond motifs is 1. The molecular weight excluding hydrogens is 360 g/mol. The molecule has 3 N–H and O–H groups in total. The first-order valence-corrected chi connectivity index (χ1v) is 11.6. The van der Waals surface area contributed by atoms with Crippen LogP contribution in [-0.2, 0) is 0 Å². The Morgan fingerprint density at radius 2 is 1.86 bits per heavy atom. The summed E-state index contributed by atoms with van der Waals surface area (Å²) in [5, 5.41) is 29.7. The lowest BCUT2D eigenvalue weighted by Gasteiger charge is -2.44. The van der Waals surface area contributed by atoms with Crippen molar-refractivity contribution < 1.29 is 15.3 Å². The van der Waals surface area contributed by atoms with Crippen LogP contribution in [0.3, 0.4) is 0 Å². The molecule has 0 saturated heterocycles. The van der Waals surface area contributed by atoms with Gasteiger partial charge in [-0.05, 0) is 88.4 Å². The number of rotatable bonds is 3. The zero-order valence-corrected chi connectivity index (χ0v) is 18.7. The molecule has 162 valence electrons. The van der Waals surface area contributed by atoms with E-state index in [1.807, 2.05) is 0 Å². The number of hydrogen-bond donors (Lipinski definition) is 3. The average Bonchev–Trinajstić information content (AvgIpc) is 2.95. The zero-order chi connectivity index (χ0) is 21.2. The minimum absolute atomic E-state index is 0.337. The van der Waals surface area contributed by atoms with Crippen molar-refractivity contribution in [1.29, 1.82) is 0 Å². The maximum atomic E-state index is 9.95. The van der Waals surface area contributed by atoms with Gasteiger partial charge < -0.3 is 15.3 Å². The minimum atomic E-state index is -0.906. The lowest BCUT2D eigenvalue weighted by Crippen LogP contribution is -2.36. The SMILES string of the molecule is C[C@H](CC#CC(C)(C)O)[C@H]1CCC2/C(=C/C=C3C[C@@H](O)C[C@H](O)C3)CCC[C@@]21C. The van der Waals surface area contributed by atoms with Gasteiger partial charge in [-0.3, -0.25) is 0 Å². The Hall–Kier alpha value is -1.08. The van der Waals surface area contributed by atoms with Crippen LogP contribution in [0, 0.1) is 35.0 Å². The highest BCUT2D eigenvalue weighted by atomic mass is 16.3. The Labute approximate surface area is 177 Å². The summed E-state index contributed by atoms with van der Waals surface area (Å²) in [4.78, 5) is 0. The van der Waals surface area contributed by atoms with Crippen molar-refractivity contribution in [2.75, 3.05) is 0 Å². The molecule has 3 saturated carbocycles. The second-order valence-corrected chi connectivity index (χ2v) is 10.7. The van der Waals surface area contributed by atoms with Crippen molar-refractivity contribution in [1.82, 2.24) is 0 Å². The topological polar surface area (TPSA) is 60.7 Å². The quantitative estimate of drug-likeness (QED) is 0.599. The molecule has 0 aromatic rings. The van der Waals surface area contributed by atoms with Crippen molar-refractivity contribution in [3.63, 3.8) is 0 Å². The molecule has 3 aliphatic rings. The van der Waals surface area contributed by atoms with Gasteiger partial charge in [0.1, 0.15) is 5.60 Å². The summed E-state index contributed by atoms with van der Waals surface area (Å²) in [6, 6.07) is 0. The van der Waals surface area contributed by atoms with Gasteiger partial charge in [0.05, 0.1) is 12.2 Å². The predicted molar refractivity (Wildman–Crippen MR) is 118 cm³/mol. The van der Waals surface area contributed by atoms with E-state index >= 15 is 0 Å². The van der Waals surface area contributed by atoms with Gasteiger partial charge in [-0.2, -0.15) is 0 Å². The first kappa shape index (κ1) is 22.6. The van der Waals surface area contributed by atoms with E-state index in [1.54, 1.807) is 19.4 Å². The van der Waals surface area contributed by atoms with E-state index in [0.29, 0.717) is 42.4 Å². The van der Waals surface area contributed by atoms with Gasteiger partial charge in [0.15, 0.2) is 0 Å². The summed E-state index contributed by atoms with van der Waals surface area (Å²) in [6.07, 6.45) is 12.7. The van der Waals surface area contributed by atoms with Gasteiger partial charge in [0.25, 0.3) is 0 Å². The molecule has 0 aliphatic heterocycles. The number of aliphatic hydroxyl groups is 3. The molecule has 0 spiro atoms. The normalized spacial score (nSPS) is 37.6. The minimum Gasteiger partial charge on any atom is -0.393 e. The Bertz CT molecular complexity index is 690. The fraction of sp³-hybridized carbons (Fsp3) is 0.769. The highest BCUT2D eigenvalue weighted by Gasteiger charge is 2.50. The fourth-order valence-electron chi connectivity index (χ4n) is 6.32. The molecule has 0 radical (unpaired) electrons. The van der Waals surface area contributed by atoms with Crippen LogP contribution in [0.2, 0.25) is 0 Å². The maximum absolute atomic E-state index is 9.95. The second kappa shape index (κ2) is 8.96. The van der Waals surface area contributed by atoms with Gasteiger partial charge in [0, 0.05) is 6.42 Å². The third-order valence-electron chi connectivity index (χ3n) is 7.62. The van der Waals surface area contributed by atoms with E-state index in [1.165, 1.54) is 37.7 Å². The standard InChI is InChI=1S/C26H40O3/c1-18(7-5-13-25(2,3)29)23-11-12-24-20(8-6-14-26(23,24)4)10-9-19-15-21(27)17-22(28)16-19/h9-10,18,21-24,27-29H,6-8,11-12,14-17H2,1-4H3/b20-10+/t18-,21-,22-,23-,24?,26-/m1/s1. The van der Waals surface area contributed by atoms with E-state index in [2.05, 4.69) is 37.8 Å². The van der Waals surface area contributed by atoms with Crippen molar-refractivity contribution in [2.45, 2.75) is 103 Å². The van der Waals surface area contributed by atoms with Gasteiger partial charge in [0.2, 0.25) is 0 Å². The molecule has 0 amide bonds.